The molecule has 2 rings (SSSR count). The van der Waals surface area contributed by atoms with Crippen molar-refractivity contribution >= 4 is 11.8 Å². The van der Waals surface area contributed by atoms with E-state index in [-0.39, 0.29) is 6.42 Å². The van der Waals surface area contributed by atoms with Gasteiger partial charge in [-0.2, -0.15) is 0 Å². The largest absolute Gasteiger partial charge is 0.285 e. The minimum absolute atomic E-state index is 0.103. The Balaban J connectivity index is 2.45. The monoisotopic (exact) mass is 206 g/mol. The maximum atomic E-state index is 12.2. The van der Waals surface area contributed by atoms with Crippen molar-refractivity contribution in [1.82, 2.24) is 4.90 Å². The summed E-state index contributed by atoms with van der Waals surface area (Å²) in [6, 6.07) is 8.78. The van der Waals surface area contributed by atoms with E-state index in [2.05, 4.69) is 0 Å². The predicted octanol–water partition coefficient (Wildman–Crippen LogP) is 1.33. The van der Waals surface area contributed by atoms with Crippen LogP contribution in [0.25, 0.3) is 0 Å². The molecule has 0 spiro atoms. The summed E-state index contributed by atoms with van der Waals surface area (Å²) < 4.78 is 21.7. The van der Waals surface area contributed by atoms with Crippen LogP contribution in [0.1, 0.15) is 23.0 Å². The lowest BCUT2D eigenvalue weighted by molar-refractivity contribution is -0.138. The standard InChI is InChI=1S/C12H13NO2/c1-12(9-6-4-3-5-7-9)8-10(14)13(2)11(12)15/h3-7H,8H2,1-2H3/i2D3. The van der Waals surface area contributed by atoms with E-state index in [9.17, 15) is 9.59 Å². The number of likely N-dealkylation sites (N-methyl/N-ethyl adjacent to an activating group) is 1. The van der Waals surface area contributed by atoms with Crippen molar-refractivity contribution in [3.05, 3.63) is 35.9 Å². The van der Waals surface area contributed by atoms with Crippen molar-refractivity contribution in [1.29, 1.82) is 0 Å². The van der Waals surface area contributed by atoms with Crippen LogP contribution >= 0.6 is 0 Å². The molecule has 78 valence electrons. The van der Waals surface area contributed by atoms with E-state index in [1.54, 1.807) is 37.3 Å². The van der Waals surface area contributed by atoms with Crippen LogP contribution in [0.5, 0.6) is 0 Å². The van der Waals surface area contributed by atoms with Crippen LogP contribution in [-0.2, 0) is 15.0 Å². The number of carbonyl (C=O) groups is 2. The molecule has 1 saturated heterocycles. The van der Waals surface area contributed by atoms with Gasteiger partial charge in [0.1, 0.15) is 0 Å². The van der Waals surface area contributed by atoms with Crippen LogP contribution < -0.4 is 0 Å². The number of likely N-dealkylation sites (tertiary alicyclic amines) is 1. The van der Waals surface area contributed by atoms with E-state index in [1.807, 2.05) is 0 Å². The van der Waals surface area contributed by atoms with Gasteiger partial charge in [0.05, 0.1) is 5.41 Å². The quantitative estimate of drug-likeness (QED) is 0.650. The highest BCUT2D eigenvalue weighted by molar-refractivity contribution is 6.08. The number of amides is 2. The first-order chi connectivity index (χ1) is 8.27. The van der Waals surface area contributed by atoms with Gasteiger partial charge < -0.3 is 0 Å². The summed E-state index contributed by atoms with van der Waals surface area (Å²) in [5.41, 5.74) is -0.415. The first-order valence-electron chi connectivity index (χ1n) is 6.20. The summed E-state index contributed by atoms with van der Waals surface area (Å²) in [6.07, 6.45) is -0.103. The highest BCUT2D eigenvalue weighted by atomic mass is 16.2. The number of benzene rings is 1. The average molecular weight is 206 g/mol. The Bertz CT molecular complexity index is 498. The minimum Gasteiger partial charge on any atom is -0.285 e. The minimum atomic E-state index is -2.71. The number of imide groups is 1. The van der Waals surface area contributed by atoms with Gasteiger partial charge in [0.15, 0.2) is 0 Å². The van der Waals surface area contributed by atoms with E-state index in [4.69, 9.17) is 4.11 Å². The van der Waals surface area contributed by atoms with Gasteiger partial charge in [-0.15, -0.1) is 0 Å². The van der Waals surface area contributed by atoms with E-state index in [1.165, 1.54) is 0 Å². The Morgan fingerprint density at radius 1 is 1.33 bits per heavy atom. The molecule has 3 nitrogen and oxygen atoms in total. The van der Waals surface area contributed by atoms with Crippen LogP contribution in [0.2, 0.25) is 0 Å². The lowest BCUT2D eigenvalue weighted by atomic mass is 9.81. The highest BCUT2D eigenvalue weighted by Crippen LogP contribution is 2.35. The smallest absolute Gasteiger partial charge is 0.239 e. The van der Waals surface area contributed by atoms with Crippen molar-refractivity contribution in [2.75, 3.05) is 6.98 Å². The SMILES string of the molecule is [2H]C([2H])([2H])N1C(=O)CC(C)(c2ccccc2)C1=O. The molecule has 0 radical (unpaired) electrons. The maximum absolute atomic E-state index is 12.2. The molecule has 15 heavy (non-hydrogen) atoms. The molecule has 0 aromatic heterocycles. The number of carbonyl (C=O) groups excluding carboxylic acids is 2. The molecule has 0 bridgehead atoms. The van der Waals surface area contributed by atoms with Crippen LogP contribution in [0, 0.1) is 0 Å². The van der Waals surface area contributed by atoms with Crippen molar-refractivity contribution in [3.8, 4) is 0 Å². The molecule has 1 aromatic rings. The molecule has 1 aromatic carbocycles. The van der Waals surface area contributed by atoms with Crippen LogP contribution in [-0.4, -0.2) is 23.7 Å². The van der Waals surface area contributed by atoms with Gasteiger partial charge in [-0.25, -0.2) is 0 Å². The molecule has 1 aliphatic rings. The van der Waals surface area contributed by atoms with Crippen molar-refractivity contribution in [3.63, 3.8) is 0 Å². The lowest BCUT2D eigenvalue weighted by Crippen LogP contribution is -2.33. The van der Waals surface area contributed by atoms with E-state index < -0.39 is 24.2 Å². The molecule has 0 saturated carbocycles. The fourth-order valence-corrected chi connectivity index (χ4v) is 1.85. The van der Waals surface area contributed by atoms with Gasteiger partial charge in [0, 0.05) is 17.5 Å². The summed E-state index contributed by atoms with van der Waals surface area (Å²) >= 11 is 0. The zero-order valence-corrected chi connectivity index (χ0v) is 8.36. The molecular weight excluding hydrogens is 190 g/mol. The third-order valence-electron chi connectivity index (χ3n) is 2.84. The molecule has 1 unspecified atom stereocenters. The van der Waals surface area contributed by atoms with Crippen molar-refractivity contribution < 1.29 is 13.7 Å². The zero-order chi connectivity index (χ0) is 13.6. The predicted molar refractivity (Wildman–Crippen MR) is 56.2 cm³/mol. The zero-order valence-electron chi connectivity index (χ0n) is 11.4. The summed E-state index contributed by atoms with van der Waals surface area (Å²) in [5, 5.41) is 0. The van der Waals surface area contributed by atoms with E-state index in [0.29, 0.717) is 10.5 Å². The van der Waals surface area contributed by atoms with Gasteiger partial charge in [0.25, 0.3) is 0 Å². The Morgan fingerprint density at radius 3 is 2.53 bits per heavy atom. The van der Waals surface area contributed by atoms with Gasteiger partial charge in [-0.1, -0.05) is 30.3 Å². The molecule has 1 heterocycles. The van der Waals surface area contributed by atoms with Gasteiger partial charge in [-0.05, 0) is 12.5 Å². The van der Waals surface area contributed by atoms with Crippen molar-refractivity contribution in [2.24, 2.45) is 0 Å². The second-order valence-electron chi connectivity index (χ2n) is 3.91. The maximum Gasteiger partial charge on any atom is 0.239 e. The summed E-state index contributed by atoms with van der Waals surface area (Å²) in [5.74, 6) is -1.30. The molecular formula is C12H13NO2. The normalized spacial score (nSPS) is 29.9. The molecule has 0 N–H and O–H groups in total. The Kier molecular flexibility index (Phi) is 1.44. The van der Waals surface area contributed by atoms with E-state index >= 15 is 0 Å². The highest BCUT2D eigenvalue weighted by Gasteiger charge is 2.47. The topological polar surface area (TPSA) is 37.4 Å². The summed E-state index contributed by atoms with van der Waals surface area (Å²) in [4.78, 5) is 24.4. The Hall–Kier alpha value is -1.64. The average Bonchev–Trinajstić information content (AvgIpc) is 2.51. The lowest BCUT2D eigenvalue weighted by Gasteiger charge is -2.21. The second-order valence-corrected chi connectivity index (χ2v) is 3.91. The number of hydrogen-bond acceptors (Lipinski definition) is 2. The third-order valence-corrected chi connectivity index (χ3v) is 2.84. The van der Waals surface area contributed by atoms with Crippen LogP contribution in [0.3, 0.4) is 0 Å². The molecule has 0 aliphatic carbocycles. The third kappa shape index (κ3) is 1.35. The first kappa shape index (κ1) is 6.77. The Morgan fingerprint density at radius 2 is 2.00 bits per heavy atom. The molecule has 1 fully saturated rings. The molecule has 1 aliphatic heterocycles. The fourth-order valence-electron chi connectivity index (χ4n) is 1.85. The number of nitrogens with zero attached hydrogens (tertiary/aromatic N) is 1. The molecule has 2 amide bonds. The van der Waals surface area contributed by atoms with Crippen LogP contribution in [0.4, 0.5) is 0 Å². The second kappa shape index (κ2) is 3.19. The number of rotatable bonds is 1. The van der Waals surface area contributed by atoms with Gasteiger partial charge in [0.2, 0.25) is 11.8 Å². The first-order valence-corrected chi connectivity index (χ1v) is 4.70. The summed E-state index contributed by atoms with van der Waals surface area (Å²) in [6.45, 7) is -1.10. The fraction of sp³-hybridized carbons (Fsp3) is 0.333. The number of hydrogen-bond donors (Lipinski definition) is 0. The van der Waals surface area contributed by atoms with Crippen LogP contribution in [0.15, 0.2) is 30.3 Å². The summed E-state index contributed by atoms with van der Waals surface area (Å²) in [7, 11) is 0. The van der Waals surface area contributed by atoms with Crippen molar-refractivity contribution in [2.45, 2.75) is 18.8 Å². The Labute approximate surface area is 92.9 Å². The van der Waals surface area contributed by atoms with E-state index in [0.717, 1.165) is 0 Å². The molecule has 1 atom stereocenters. The molecule has 3 heteroatoms. The van der Waals surface area contributed by atoms with Gasteiger partial charge >= 0.3 is 0 Å². The van der Waals surface area contributed by atoms with Gasteiger partial charge in [-0.3, -0.25) is 14.5 Å².